The normalized spacial score (nSPS) is 15.4. The number of hydrogen-bond acceptors (Lipinski definition) is 6. The number of rotatable bonds is 5. The molecule has 1 aromatic heterocycles. The Hall–Kier alpha value is -2.85. The standard InChI is InChI=1S/C18H17N5OS/c1-2-21-15-6-5-13(9-19)8-16(15)22-18-23(17(24)12-25-18)11-14-4-3-7-20-10-14/h3-8,10,21H,2,11-12H2,1H3. The lowest BCUT2D eigenvalue weighted by Gasteiger charge is -2.16. The summed E-state index contributed by atoms with van der Waals surface area (Å²) in [6.45, 7) is 3.18. The lowest BCUT2D eigenvalue weighted by atomic mass is 10.2. The van der Waals surface area contributed by atoms with Gasteiger partial charge in [0.2, 0.25) is 5.91 Å². The predicted octanol–water partition coefficient (Wildman–Crippen LogP) is 3.15. The van der Waals surface area contributed by atoms with Crippen LogP contribution < -0.4 is 5.32 Å². The number of carbonyl (C=O) groups excluding carboxylic acids is 1. The quantitative estimate of drug-likeness (QED) is 0.895. The van der Waals surface area contributed by atoms with Gasteiger partial charge in [-0.3, -0.25) is 14.7 Å². The average Bonchev–Trinajstić information content (AvgIpc) is 2.97. The van der Waals surface area contributed by atoms with Gasteiger partial charge >= 0.3 is 0 Å². The molecule has 7 heteroatoms. The molecule has 1 aliphatic heterocycles. The third-order valence-corrected chi connectivity index (χ3v) is 4.59. The Balaban J connectivity index is 1.93. The van der Waals surface area contributed by atoms with E-state index in [1.54, 1.807) is 29.4 Å². The predicted molar refractivity (Wildman–Crippen MR) is 99.7 cm³/mol. The molecule has 1 fully saturated rings. The molecule has 0 unspecified atom stereocenters. The molecule has 0 atom stereocenters. The van der Waals surface area contributed by atoms with Crippen LogP contribution in [0.5, 0.6) is 0 Å². The number of nitriles is 1. The van der Waals surface area contributed by atoms with Crippen molar-refractivity contribution in [3.05, 3.63) is 53.9 Å². The number of amides is 1. The number of aliphatic imine (C=N–C) groups is 1. The van der Waals surface area contributed by atoms with Crippen molar-refractivity contribution >= 4 is 34.2 Å². The molecule has 1 amide bonds. The number of pyridine rings is 1. The first-order chi connectivity index (χ1) is 12.2. The maximum atomic E-state index is 12.2. The smallest absolute Gasteiger partial charge is 0.239 e. The van der Waals surface area contributed by atoms with Crippen LogP contribution in [-0.2, 0) is 11.3 Å². The van der Waals surface area contributed by atoms with E-state index in [0.29, 0.717) is 28.7 Å². The molecular formula is C18H17N5OS. The van der Waals surface area contributed by atoms with Crippen LogP contribution in [0.25, 0.3) is 0 Å². The number of hydrogen-bond donors (Lipinski definition) is 1. The highest BCUT2D eigenvalue weighted by Crippen LogP contribution is 2.30. The molecule has 1 aromatic carbocycles. The summed E-state index contributed by atoms with van der Waals surface area (Å²) in [6.07, 6.45) is 3.45. The minimum atomic E-state index is 0.0223. The summed E-state index contributed by atoms with van der Waals surface area (Å²) in [5, 5.41) is 13.0. The van der Waals surface area contributed by atoms with Gasteiger partial charge in [0.25, 0.3) is 0 Å². The molecule has 0 saturated carbocycles. The van der Waals surface area contributed by atoms with Crippen molar-refractivity contribution in [3.63, 3.8) is 0 Å². The van der Waals surface area contributed by atoms with Crippen molar-refractivity contribution in [2.24, 2.45) is 4.99 Å². The number of benzene rings is 1. The lowest BCUT2D eigenvalue weighted by molar-refractivity contribution is -0.124. The number of nitrogens with zero attached hydrogens (tertiary/aromatic N) is 4. The molecule has 0 bridgehead atoms. The number of thioether (sulfide) groups is 1. The van der Waals surface area contributed by atoms with Crippen molar-refractivity contribution < 1.29 is 4.79 Å². The zero-order valence-corrected chi connectivity index (χ0v) is 14.6. The summed E-state index contributed by atoms with van der Waals surface area (Å²) in [4.78, 5) is 22.7. The molecule has 3 rings (SSSR count). The Morgan fingerprint density at radius 1 is 1.44 bits per heavy atom. The molecule has 0 radical (unpaired) electrons. The summed E-state index contributed by atoms with van der Waals surface area (Å²) in [5.74, 6) is 0.391. The molecule has 126 valence electrons. The van der Waals surface area contributed by atoms with Gasteiger partial charge in [-0.15, -0.1) is 0 Å². The van der Waals surface area contributed by atoms with Gasteiger partial charge in [0.1, 0.15) is 0 Å². The van der Waals surface area contributed by atoms with Crippen LogP contribution in [0, 0.1) is 11.3 Å². The van der Waals surface area contributed by atoms with Gasteiger partial charge in [-0.25, -0.2) is 4.99 Å². The third kappa shape index (κ3) is 3.98. The first-order valence-electron chi connectivity index (χ1n) is 7.90. The largest absolute Gasteiger partial charge is 0.384 e. The Morgan fingerprint density at radius 3 is 3.04 bits per heavy atom. The van der Waals surface area contributed by atoms with E-state index in [9.17, 15) is 4.79 Å². The Morgan fingerprint density at radius 2 is 2.32 bits per heavy atom. The van der Waals surface area contributed by atoms with Crippen LogP contribution in [0.4, 0.5) is 11.4 Å². The second-order valence-electron chi connectivity index (χ2n) is 5.40. The third-order valence-electron chi connectivity index (χ3n) is 3.63. The number of anilines is 1. The second kappa shape index (κ2) is 7.81. The Labute approximate surface area is 150 Å². The highest BCUT2D eigenvalue weighted by Gasteiger charge is 2.28. The fourth-order valence-electron chi connectivity index (χ4n) is 2.45. The summed E-state index contributed by atoms with van der Waals surface area (Å²) in [5.41, 5.74) is 2.99. The highest BCUT2D eigenvalue weighted by molar-refractivity contribution is 8.15. The van der Waals surface area contributed by atoms with Crippen LogP contribution >= 0.6 is 11.8 Å². The van der Waals surface area contributed by atoms with Gasteiger partial charge < -0.3 is 5.32 Å². The number of nitrogens with one attached hydrogen (secondary N) is 1. The molecule has 0 aliphatic carbocycles. The van der Waals surface area contributed by atoms with E-state index in [1.165, 1.54) is 11.8 Å². The van der Waals surface area contributed by atoms with Crippen molar-refractivity contribution in [2.75, 3.05) is 17.6 Å². The zero-order valence-electron chi connectivity index (χ0n) is 13.8. The van der Waals surface area contributed by atoms with Gasteiger partial charge in [0, 0.05) is 18.9 Å². The number of carbonyl (C=O) groups is 1. The van der Waals surface area contributed by atoms with Crippen molar-refractivity contribution in [1.82, 2.24) is 9.88 Å². The number of aromatic nitrogens is 1. The molecule has 25 heavy (non-hydrogen) atoms. The van der Waals surface area contributed by atoms with Crippen LogP contribution in [0.15, 0.2) is 47.7 Å². The van der Waals surface area contributed by atoms with E-state index in [0.717, 1.165) is 17.8 Å². The van der Waals surface area contributed by atoms with Crippen molar-refractivity contribution in [2.45, 2.75) is 13.5 Å². The van der Waals surface area contributed by atoms with Crippen LogP contribution in [-0.4, -0.2) is 33.3 Å². The van der Waals surface area contributed by atoms with Gasteiger partial charge in [-0.05, 0) is 36.8 Å². The minimum Gasteiger partial charge on any atom is -0.384 e. The van der Waals surface area contributed by atoms with E-state index >= 15 is 0 Å². The van der Waals surface area contributed by atoms with E-state index < -0.39 is 0 Å². The highest BCUT2D eigenvalue weighted by atomic mass is 32.2. The maximum Gasteiger partial charge on any atom is 0.239 e. The minimum absolute atomic E-state index is 0.0223. The van der Waals surface area contributed by atoms with E-state index in [2.05, 4.69) is 21.4 Å². The lowest BCUT2D eigenvalue weighted by Crippen LogP contribution is -2.28. The van der Waals surface area contributed by atoms with Gasteiger partial charge in [0.05, 0.1) is 35.3 Å². The van der Waals surface area contributed by atoms with Crippen LogP contribution in [0.1, 0.15) is 18.1 Å². The molecule has 2 heterocycles. The van der Waals surface area contributed by atoms with Crippen molar-refractivity contribution in [3.8, 4) is 6.07 Å². The Bertz CT molecular complexity index is 844. The summed E-state index contributed by atoms with van der Waals surface area (Å²) in [6, 6.07) is 11.2. The average molecular weight is 351 g/mol. The fraction of sp³-hybridized carbons (Fsp3) is 0.222. The maximum absolute atomic E-state index is 12.2. The van der Waals surface area contributed by atoms with Crippen LogP contribution in [0.2, 0.25) is 0 Å². The fourth-order valence-corrected chi connectivity index (χ4v) is 3.34. The summed E-state index contributed by atoms with van der Waals surface area (Å²) >= 11 is 1.41. The first kappa shape index (κ1) is 17.0. The molecule has 1 saturated heterocycles. The molecule has 6 nitrogen and oxygen atoms in total. The van der Waals surface area contributed by atoms with E-state index in [4.69, 9.17) is 5.26 Å². The van der Waals surface area contributed by atoms with E-state index in [1.807, 2.05) is 25.1 Å². The molecule has 0 spiro atoms. The van der Waals surface area contributed by atoms with Gasteiger partial charge in [0.15, 0.2) is 5.17 Å². The molecular weight excluding hydrogens is 334 g/mol. The first-order valence-corrected chi connectivity index (χ1v) is 8.88. The molecule has 1 aliphatic rings. The van der Waals surface area contributed by atoms with Crippen molar-refractivity contribution in [1.29, 1.82) is 5.26 Å². The molecule has 2 aromatic rings. The SMILES string of the molecule is CCNc1ccc(C#N)cc1N=C1SCC(=O)N1Cc1cccnc1. The second-order valence-corrected chi connectivity index (χ2v) is 6.34. The van der Waals surface area contributed by atoms with Gasteiger partial charge in [-0.1, -0.05) is 17.8 Å². The van der Waals surface area contributed by atoms with E-state index in [-0.39, 0.29) is 5.91 Å². The van der Waals surface area contributed by atoms with Gasteiger partial charge in [-0.2, -0.15) is 5.26 Å². The Kier molecular flexibility index (Phi) is 5.31. The topological polar surface area (TPSA) is 81.4 Å². The monoisotopic (exact) mass is 351 g/mol. The van der Waals surface area contributed by atoms with Crippen LogP contribution in [0.3, 0.4) is 0 Å². The summed E-state index contributed by atoms with van der Waals surface area (Å²) < 4.78 is 0. The number of amidine groups is 1. The summed E-state index contributed by atoms with van der Waals surface area (Å²) in [7, 11) is 0. The zero-order chi connectivity index (χ0) is 17.6. The molecule has 1 N–H and O–H groups in total.